The van der Waals surface area contributed by atoms with Crippen molar-refractivity contribution in [3.63, 3.8) is 0 Å². The molecule has 0 aliphatic heterocycles. The summed E-state index contributed by atoms with van der Waals surface area (Å²) in [4.78, 5) is 24.7. The van der Waals surface area contributed by atoms with Gasteiger partial charge in [0.1, 0.15) is 5.82 Å². The van der Waals surface area contributed by atoms with Gasteiger partial charge in [0.25, 0.3) is 5.56 Å². The van der Waals surface area contributed by atoms with Crippen molar-refractivity contribution in [2.45, 2.75) is 18.9 Å². The molecule has 2 aromatic carbocycles. The van der Waals surface area contributed by atoms with Gasteiger partial charge in [0.15, 0.2) is 0 Å². The molecule has 142 valence electrons. The van der Waals surface area contributed by atoms with E-state index in [1.54, 1.807) is 30.5 Å². The van der Waals surface area contributed by atoms with E-state index >= 15 is 0 Å². The number of carbonyl (C=O) groups excluding carboxylic acids is 1. The van der Waals surface area contributed by atoms with Crippen LogP contribution in [0.4, 0.5) is 10.1 Å². The number of hydrogen-bond acceptors (Lipinski definition) is 2. The van der Waals surface area contributed by atoms with Crippen LogP contribution in [0.25, 0.3) is 0 Å². The van der Waals surface area contributed by atoms with Gasteiger partial charge in [-0.3, -0.25) is 9.59 Å². The molecule has 1 saturated carbocycles. The summed E-state index contributed by atoms with van der Waals surface area (Å²) >= 11 is 6.18. The molecule has 1 amide bonds. The van der Waals surface area contributed by atoms with Crippen LogP contribution in [0.3, 0.4) is 0 Å². The lowest BCUT2D eigenvalue weighted by atomic mass is 10.1. The van der Waals surface area contributed by atoms with Crippen LogP contribution in [0, 0.1) is 11.7 Å². The first-order chi connectivity index (χ1) is 13.5. The van der Waals surface area contributed by atoms with E-state index in [0.29, 0.717) is 17.3 Å². The molecule has 1 heterocycles. The fourth-order valence-corrected chi connectivity index (χ4v) is 3.53. The summed E-state index contributed by atoms with van der Waals surface area (Å²) < 4.78 is 14.6. The van der Waals surface area contributed by atoms with Gasteiger partial charge in [-0.15, -0.1) is 0 Å². The molecule has 0 saturated heterocycles. The summed E-state index contributed by atoms with van der Waals surface area (Å²) in [7, 11) is 0. The van der Waals surface area contributed by atoms with Gasteiger partial charge in [-0.1, -0.05) is 41.9 Å². The van der Waals surface area contributed by atoms with Gasteiger partial charge < -0.3 is 9.88 Å². The predicted octanol–water partition coefficient (Wildman–Crippen LogP) is 4.43. The highest BCUT2D eigenvalue weighted by Gasteiger charge is 2.43. The molecule has 0 bridgehead atoms. The van der Waals surface area contributed by atoms with Crippen LogP contribution in [-0.4, -0.2) is 10.5 Å². The zero-order valence-electron chi connectivity index (χ0n) is 14.9. The largest absolute Gasteiger partial charge is 0.325 e. The SMILES string of the molecule is O=C(Nc1ccc(=O)n(Cc2ccccc2Cl)c1)[C@H]1C[C@@H]1c1ccc(F)cc1. The first-order valence-electron chi connectivity index (χ1n) is 9.01. The van der Waals surface area contributed by atoms with Gasteiger partial charge in [0.2, 0.25) is 5.91 Å². The van der Waals surface area contributed by atoms with E-state index in [-0.39, 0.29) is 29.1 Å². The van der Waals surface area contributed by atoms with E-state index in [1.807, 2.05) is 18.2 Å². The maximum Gasteiger partial charge on any atom is 0.250 e. The fourth-order valence-electron chi connectivity index (χ4n) is 3.34. The van der Waals surface area contributed by atoms with E-state index in [9.17, 15) is 14.0 Å². The van der Waals surface area contributed by atoms with Crippen LogP contribution in [0.15, 0.2) is 71.7 Å². The normalized spacial score (nSPS) is 17.9. The summed E-state index contributed by atoms with van der Waals surface area (Å²) in [5.41, 5.74) is 2.17. The smallest absolute Gasteiger partial charge is 0.250 e. The molecule has 0 radical (unpaired) electrons. The average molecular weight is 397 g/mol. The van der Waals surface area contributed by atoms with Gasteiger partial charge in [-0.25, -0.2) is 4.39 Å². The number of nitrogens with one attached hydrogen (secondary N) is 1. The number of anilines is 1. The van der Waals surface area contributed by atoms with E-state index in [1.165, 1.54) is 22.8 Å². The number of benzene rings is 2. The van der Waals surface area contributed by atoms with E-state index in [0.717, 1.165) is 17.5 Å². The topological polar surface area (TPSA) is 51.1 Å². The predicted molar refractivity (Wildman–Crippen MR) is 107 cm³/mol. The number of nitrogens with zero attached hydrogens (tertiary/aromatic N) is 1. The highest BCUT2D eigenvalue weighted by atomic mass is 35.5. The van der Waals surface area contributed by atoms with Crippen molar-refractivity contribution < 1.29 is 9.18 Å². The van der Waals surface area contributed by atoms with E-state index in [2.05, 4.69) is 5.32 Å². The number of pyridine rings is 1. The van der Waals surface area contributed by atoms with Crippen LogP contribution in [0.5, 0.6) is 0 Å². The van der Waals surface area contributed by atoms with Crippen molar-refractivity contribution in [2.75, 3.05) is 5.32 Å². The summed E-state index contributed by atoms with van der Waals surface area (Å²) in [6, 6.07) is 16.6. The van der Waals surface area contributed by atoms with Gasteiger partial charge in [0, 0.05) is 23.2 Å². The van der Waals surface area contributed by atoms with Gasteiger partial charge in [-0.05, 0) is 47.7 Å². The Morgan fingerprint density at radius 3 is 2.61 bits per heavy atom. The molecule has 0 spiro atoms. The quantitative estimate of drug-likeness (QED) is 0.693. The summed E-state index contributed by atoms with van der Waals surface area (Å²) in [6.07, 6.45) is 2.36. The minimum absolute atomic E-state index is 0.0998. The Labute approximate surface area is 166 Å². The second-order valence-electron chi connectivity index (χ2n) is 6.96. The third kappa shape index (κ3) is 3.99. The maximum absolute atomic E-state index is 13.0. The maximum atomic E-state index is 13.0. The second-order valence-corrected chi connectivity index (χ2v) is 7.37. The molecule has 4 nitrogen and oxygen atoms in total. The van der Waals surface area contributed by atoms with Crippen molar-refractivity contribution >= 4 is 23.2 Å². The molecule has 6 heteroatoms. The summed E-state index contributed by atoms with van der Waals surface area (Å²) in [5.74, 6) is -0.424. The number of rotatable bonds is 5. The minimum Gasteiger partial charge on any atom is -0.325 e. The highest BCUT2D eigenvalue weighted by molar-refractivity contribution is 6.31. The number of halogens is 2. The Morgan fingerprint density at radius 2 is 1.86 bits per heavy atom. The Hall–Kier alpha value is -2.92. The van der Waals surface area contributed by atoms with Crippen molar-refractivity contribution in [2.24, 2.45) is 5.92 Å². The molecule has 3 aromatic rings. The van der Waals surface area contributed by atoms with Crippen LogP contribution in [0.1, 0.15) is 23.5 Å². The lowest BCUT2D eigenvalue weighted by Crippen LogP contribution is -2.22. The number of carbonyl (C=O) groups is 1. The zero-order chi connectivity index (χ0) is 19.7. The molecule has 1 aromatic heterocycles. The molecule has 2 atom stereocenters. The Kier molecular flexibility index (Phi) is 5.01. The molecular formula is C22H18ClFN2O2. The summed E-state index contributed by atoms with van der Waals surface area (Å²) in [5, 5.41) is 3.46. The van der Waals surface area contributed by atoms with Crippen molar-refractivity contribution in [1.82, 2.24) is 4.57 Å². The number of hydrogen-bond donors (Lipinski definition) is 1. The molecule has 1 fully saturated rings. The molecule has 28 heavy (non-hydrogen) atoms. The molecule has 1 aliphatic carbocycles. The Balaban J connectivity index is 1.45. The van der Waals surface area contributed by atoms with Crippen molar-refractivity contribution in [1.29, 1.82) is 0 Å². The third-order valence-corrected chi connectivity index (χ3v) is 5.34. The third-order valence-electron chi connectivity index (χ3n) is 4.97. The molecule has 0 unspecified atom stereocenters. The van der Waals surface area contributed by atoms with Gasteiger partial charge in [-0.2, -0.15) is 0 Å². The number of amides is 1. The molecule has 1 aliphatic rings. The molecule has 4 rings (SSSR count). The second kappa shape index (κ2) is 7.60. The van der Waals surface area contributed by atoms with Gasteiger partial charge in [0.05, 0.1) is 12.2 Å². The lowest BCUT2D eigenvalue weighted by Gasteiger charge is -2.11. The van der Waals surface area contributed by atoms with Crippen LogP contribution < -0.4 is 10.9 Å². The van der Waals surface area contributed by atoms with Crippen LogP contribution in [0.2, 0.25) is 5.02 Å². The van der Waals surface area contributed by atoms with Crippen molar-refractivity contribution in [3.8, 4) is 0 Å². The number of aromatic nitrogens is 1. The molecule has 1 N–H and O–H groups in total. The van der Waals surface area contributed by atoms with Crippen molar-refractivity contribution in [3.05, 3.63) is 99.2 Å². The first kappa shape index (κ1) is 18.4. The summed E-state index contributed by atoms with van der Waals surface area (Å²) in [6.45, 7) is 0.323. The Bertz CT molecular complexity index is 1080. The van der Waals surface area contributed by atoms with E-state index in [4.69, 9.17) is 11.6 Å². The van der Waals surface area contributed by atoms with Gasteiger partial charge >= 0.3 is 0 Å². The Morgan fingerprint density at radius 1 is 1.11 bits per heavy atom. The van der Waals surface area contributed by atoms with E-state index < -0.39 is 0 Å². The zero-order valence-corrected chi connectivity index (χ0v) is 15.7. The first-order valence-corrected chi connectivity index (χ1v) is 9.39. The monoisotopic (exact) mass is 396 g/mol. The fraction of sp³-hybridized carbons (Fsp3) is 0.182. The molecular weight excluding hydrogens is 379 g/mol. The lowest BCUT2D eigenvalue weighted by molar-refractivity contribution is -0.117. The highest BCUT2D eigenvalue weighted by Crippen LogP contribution is 2.47. The average Bonchev–Trinajstić information content (AvgIpc) is 3.48. The van der Waals surface area contributed by atoms with Crippen LogP contribution in [-0.2, 0) is 11.3 Å². The standard InChI is InChI=1S/C22H18ClFN2O2/c23-20-4-2-1-3-15(20)12-26-13-17(9-10-21(26)27)25-22(28)19-11-18(19)14-5-7-16(24)8-6-14/h1-10,13,18-19H,11-12H2,(H,25,28)/t18-,19+/m1/s1. The minimum atomic E-state index is -0.286. The van der Waals surface area contributed by atoms with Crippen LogP contribution >= 0.6 is 11.6 Å².